The van der Waals surface area contributed by atoms with E-state index in [1.54, 1.807) is 4.90 Å². The highest BCUT2D eigenvalue weighted by molar-refractivity contribution is 6.42. The van der Waals surface area contributed by atoms with Gasteiger partial charge in [-0.15, -0.1) is 0 Å². The van der Waals surface area contributed by atoms with Crippen molar-refractivity contribution in [2.24, 2.45) is 5.73 Å². The molecule has 4 N–H and O–H groups in total. The number of benzene rings is 2. The smallest absolute Gasteiger partial charge is 0.247 e. The second kappa shape index (κ2) is 14.4. The average molecular weight is 595 g/mol. The number of carbonyl (C=O) groups is 4. The summed E-state index contributed by atoms with van der Waals surface area (Å²) in [7, 11) is 0. The molecule has 0 aliphatic carbocycles. The fourth-order valence-corrected chi connectivity index (χ4v) is 4.97. The lowest BCUT2D eigenvalue weighted by atomic mass is 9.92. The lowest BCUT2D eigenvalue weighted by molar-refractivity contribution is -0.144. The predicted octanol–water partition coefficient (Wildman–Crippen LogP) is 3.51. The van der Waals surface area contributed by atoms with Gasteiger partial charge in [0, 0.05) is 38.9 Å². The molecule has 0 saturated heterocycles. The van der Waals surface area contributed by atoms with Crippen molar-refractivity contribution in [3.63, 3.8) is 0 Å². The Hall–Kier alpha value is -3.21. The maximum atomic E-state index is 14.5. The molecule has 9 nitrogen and oxygen atoms in total. The largest absolute Gasteiger partial charge is 0.343 e. The van der Waals surface area contributed by atoms with Crippen LogP contribution in [0.5, 0.6) is 0 Å². The normalized spacial score (nSPS) is 15.2. The van der Waals surface area contributed by atoms with Gasteiger partial charge in [0.05, 0.1) is 15.7 Å². The Balaban J connectivity index is 1.78. The minimum Gasteiger partial charge on any atom is -0.343 e. The van der Waals surface area contributed by atoms with Crippen LogP contribution in [0.15, 0.2) is 36.4 Å². The van der Waals surface area contributed by atoms with Gasteiger partial charge < -0.3 is 26.2 Å². The number of rotatable bonds is 11. The van der Waals surface area contributed by atoms with Crippen molar-refractivity contribution in [1.82, 2.24) is 15.1 Å². The summed E-state index contributed by atoms with van der Waals surface area (Å²) < 4.78 is 14.5. The molecule has 2 atom stereocenters. The molecule has 1 aliphatic rings. The maximum Gasteiger partial charge on any atom is 0.247 e. The zero-order valence-corrected chi connectivity index (χ0v) is 24.0. The molecule has 216 valence electrons. The van der Waals surface area contributed by atoms with Gasteiger partial charge in [-0.1, -0.05) is 47.5 Å². The Morgan fingerprint density at radius 1 is 1.07 bits per heavy atom. The van der Waals surface area contributed by atoms with E-state index in [1.165, 1.54) is 17.0 Å². The summed E-state index contributed by atoms with van der Waals surface area (Å²) in [6.07, 6.45) is 0.275. The first-order valence-electron chi connectivity index (χ1n) is 13.2. The predicted molar refractivity (Wildman–Crippen MR) is 152 cm³/mol. The molecule has 4 amide bonds. The number of anilines is 1. The summed E-state index contributed by atoms with van der Waals surface area (Å²) in [4.78, 5) is 55.5. The van der Waals surface area contributed by atoms with Crippen LogP contribution in [0.1, 0.15) is 44.2 Å². The van der Waals surface area contributed by atoms with Crippen LogP contribution < -0.4 is 16.4 Å². The van der Waals surface area contributed by atoms with Crippen LogP contribution in [0.2, 0.25) is 10.0 Å². The number of nitrogens with one attached hydrogen (secondary N) is 2. The zero-order valence-electron chi connectivity index (χ0n) is 22.5. The summed E-state index contributed by atoms with van der Waals surface area (Å²) in [6.45, 7) is 5.08. The standard InChI is InChI=1S/C28H34Cl2FN5O4/c1-3-35(4-2)23(37)11-12-24(38)36-16-18-8-6-5-7-17(18)15-22(36)28(40)34-21(13-14-32)27(39)33-20-10-9-19(29)25(30)26(20)31/h5-10,21-22H,3-4,11-16,32H2,1-2H3,(H,33,39)(H,34,40)/t21-,22-/m0/s1. The Morgan fingerprint density at radius 2 is 1.75 bits per heavy atom. The molecule has 0 fully saturated rings. The van der Waals surface area contributed by atoms with Crippen LogP contribution in [0.4, 0.5) is 10.1 Å². The number of carbonyl (C=O) groups excluding carboxylic acids is 4. The molecule has 0 aromatic heterocycles. The van der Waals surface area contributed by atoms with Gasteiger partial charge >= 0.3 is 0 Å². The summed E-state index contributed by atoms with van der Waals surface area (Å²) in [5, 5.41) is 4.77. The molecule has 12 heteroatoms. The van der Waals surface area contributed by atoms with E-state index in [1.807, 2.05) is 38.1 Å². The van der Waals surface area contributed by atoms with Crippen molar-refractivity contribution in [3.05, 3.63) is 63.4 Å². The van der Waals surface area contributed by atoms with Gasteiger partial charge in [-0.3, -0.25) is 19.2 Å². The molecule has 0 unspecified atom stereocenters. The number of halogens is 3. The van der Waals surface area contributed by atoms with Crippen LogP contribution >= 0.6 is 23.2 Å². The van der Waals surface area contributed by atoms with Gasteiger partial charge in [0.2, 0.25) is 23.6 Å². The molecule has 40 heavy (non-hydrogen) atoms. The van der Waals surface area contributed by atoms with Crippen molar-refractivity contribution in [2.45, 2.75) is 58.2 Å². The van der Waals surface area contributed by atoms with Crippen LogP contribution in [0.25, 0.3) is 0 Å². The van der Waals surface area contributed by atoms with Crippen LogP contribution in [0, 0.1) is 5.82 Å². The minimum absolute atomic E-state index is 0.00916. The van der Waals surface area contributed by atoms with E-state index >= 15 is 0 Å². The second-order valence-corrected chi connectivity index (χ2v) is 10.2. The third-order valence-corrected chi connectivity index (χ3v) is 7.70. The number of fused-ring (bicyclic) bond motifs is 1. The van der Waals surface area contributed by atoms with E-state index in [-0.39, 0.29) is 66.3 Å². The van der Waals surface area contributed by atoms with Gasteiger partial charge in [-0.05, 0) is 50.1 Å². The van der Waals surface area contributed by atoms with Crippen molar-refractivity contribution >= 4 is 52.5 Å². The Bertz CT molecular complexity index is 1260. The first-order chi connectivity index (χ1) is 19.1. The number of amides is 4. The molecule has 0 saturated carbocycles. The molecular weight excluding hydrogens is 560 g/mol. The van der Waals surface area contributed by atoms with Gasteiger partial charge in [0.25, 0.3) is 0 Å². The van der Waals surface area contributed by atoms with E-state index in [0.717, 1.165) is 11.1 Å². The van der Waals surface area contributed by atoms with E-state index in [0.29, 0.717) is 13.1 Å². The Kier molecular flexibility index (Phi) is 11.3. The van der Waals surface area contributed by atoms with E-state index in [4.69, 9.17) is 28.9 Å². The van der Waals surface area contributed by atoms with Crippen LogP contribution in [-0.2, 0) is 32.1 Å². The molecule has 0 bridgehead atoms. The van der Waals surface area contributed by atoms with Gasteiger partial charge in [-0.2, -0.15) is 0 Å². The third kappa shape index (κ3) is 7.50. The first-order valence-corrected chi connectivity index (χ1v) is 14.0. The molecule has 0 spiro atoms. The maximum absolute atomic E-state index is 14.5. The number of hydrogen-bond acceptors (Lipinski definition) is 5. The molecular formula is C28H34Cl2FN5O4. The van der Waals surface area contributed by atoms with E-state index < -0.39 is 29.7 Å². The van der Waals surface area contributed by atoms with Gasteiger partial charge in [0.1, 0.15) is 12.1 Å². The number of nitrogens with zero attached hydrogens (tertiary/aromatic N) is 2. The molecule has 1 heterocycles. The molecule has 3 rings (SSSR count). The topological polar surface area (TPSA) is 125 Å². The highest BCUT2D eigenvalue weighted by atomic mass is 35.5. The number of hydrogen-bond donors (Lipinski definition) is 3. The van der Waals surface area contributed by atoms with Gasteiger partial charge in [0.15, 0.2) is 5.82 Å². The van der Waals surface area contributed by atoms with Crippen molar-refractivity contribution in [1.29, 1.82) is 0 Å². The fourth-order valence-electron chi connectivity index (χ4n) is 4.66. The number of nitrogens with two attached hydrogens (primary N) is 1. The zero-order chi connectivity index (χ0) is 29.4. The average Bonchev–Trinajstić information content (AvgIpc) is 2.95. The first kappa shape index (κ1) is 31.3. The Morgan fingerprint density at radius 3 is 2.40 bits per heavy atom. The SMILES string of the molecule is CCN(CC)C(=O)CCC(=O)N1Cc2ccccc2C[C@H]1C(=O)N[C@@H](CCN)C(=O)Nc1ccc(Cl)c(Cl)c1F. The van der Waals surface area contributed by atoms with Gasteiger partial charge in [-0.25, -0.2) is 4.39 Å². The minimum atomic E-state index is -1.11. The third-order valence-electron chi connectivity index (χ3n) is 6.92. The summed E-state index contributed by atoms with van der Waals surface area (Å²) in [5.41, 5.74) is 7.31. The molecule has 1 aliphatic heterocycles. The summed E-state index contributed by atoms with van der Waals surface area (Å²) in [6, 6.07) is 8.07. The Labute approximate surface area is 243 Å². The fraction of sp³-hybridized carbons (Fsp3) is 0.429. The van der Waals surface area contributed by atoms with E-state index in [2.05, 4.69) is 10.6 Å². The highest BCUT2D eigenvalue weighted by Gasteiger charge is 2.36. The molecule has 0 radical (unpaired) electrons. The van der Waals surface area contributed by atoms with Crippen LogP contribution in [0.3, 0.4) is 0 Å². The van der Waals surface area contributed by atoms with Crippen molar-refractivity contribution < 1.29 is 23.6 Å². The monoisotopic (exact) mass is 593 g/mol. The van der Waals surface area contributed by atoms with Crippen molar-refractivity contribution in [3.8, 4) is 0 Å². The van der Waals surface area contributed by atoms with Crippen molar-refractivity contribution in [2.75, 3.05) is 25.0 Å². The lowest BCUT2D eigenvalue weighted by Crippen LogP contribution is -2.56. The highest BCUT2D eigenvalue weighted by Crippen LogP contribution is 2.30. The molecule has 2 aromatic carbocycles. The van der Waals surface area contributed by atoms with E-state index in [9.17, 15) is 23.6 Å². The summed E-state index contributed by atoms with van der Waals surface area (Å²) >= 11 is 11.7. The summed E-state index contributed by atoms with van der Waals surface area (Å²) in [5.74, 6) is -2.63. The lowest BCUT2D eigenvalue weighted by Gasteiger charge is -2.37. The second-order valence-electron chi connectivity index (χ2n) is 9.43. The molecule has 2 aromatic rings. The van der Waals surface area contributed by atoms with Crippen LogP contribution in [-0.4, -0.2) is 65.1 Å². The quantitative estimate of drug-likeness (QED) is 0.344.